The van der Waals surface area contributed by atoms with Crippen molar-refractivity contribution in [3.05, 3.63) is 42.5 Å². The molecule has 2 aromatic rings. The minimum atomic E-state index is 0.592. The summed E-state index contributed by atoms with van der Waals surface area (Å²) in [6, 6.07) is 16.8. The summed E-state index contributed by atoms with van der Waals surface area (Å²) in [6.45, 7) is 6.94. The van der Waals surface area contributed by atoms with Crippen LogP contribution in [-0.4, -0.2) is 25.2 Å². The van der Waals surface area contributed by atoms with Gasteiger partial charge in [-0.05, 0) is 62.2 Å². The van der Waals surface area contributed by atoms with Gasteiger partial charge in [-0.15, -0.1) is 0 Å². The van der Waals surface area contributed by atoms with Crippen molar-refractivity contribution in [2.75, 3.05) is 18.0 Å². The Bertz CT molecular complexity index is 587. The van der Waals surface area contributed by atoms with E-state index in [0.29, 0.717) is 12.1 Å². The van der Waals surface area contributed by atoms with Gasteiger partial charge in [-0.3, -0.25) is 0 Å². The fraction of sp³-hybridized carbons (Fsp3) is 0.474. The monoisotopic (exact) mass is 282 g/mol. The third kappa shape index (κ3) is 3.06. The van der Waals surface area contributed by atoms with E-state index >= 15 is 0 Å². The van der Waals surface area contributed by atoms with Crippen LogP contribution in [0.15, 0.2) is 42.5 Å². The first-order chi connectivity index (χ1) is 10.3. The minimum Gasteiger partial charge on any atom is -0.366 e. The quantitative estimate of drug-likeness (QED) is 0.904. The maximum Gasteiger partial charge on any atom is 0.0377 e. The summed E-state index contributed by atoms with van der Waals surface area (Å²) < 4.78 is 0. The van der Waals surface area contributed by atoms with Crippen LogP contribution in [0.1, 0.15) is 33.1 Å². The third-order valence-corrected chi connectivity index (χ3v) is 4.80. The number of rotatable bonds is 4. The van der Waals surface area contributed by atoms with Gasteiger partial charge < -0.3 is 10.2 Å². The molecule has 1 N–H and O–H groups in total. The Labute approximate surface area is 128 Å². The molecule has 2 aromatic carbocycles. The molecule has 1 aliphatic heterocycles. The second kappa shape index (κ2) is 6.48. The van der Waals surface area contributed by atoms with Crippen LogP contribution >= 0.6 is 0 Å². The van der Waals surface area contributed by atoms with Gasteiger partial charge in [-0.1, -0.05) is 37.3 Å². The van der Waals surface area contributed by atoms with Crippen molar-refractivity contribution in [3.8, 4) is 0 Å². The lowest BCUT2D eigenvalue weighted by Gasteiger charge is -2.40. The first kappa shape index (κ1) is 14.4. The van der Waals surface area contributed by atoms with Gasteiger partial charge in [0, 0.05) is 17.8 Å². The summed E-state index contributed by atoms with van der Waals surface area (Å²) >= 11 is 0. The SMILES string of the molecule is CCC(C)N(c1ccc2ccccc2c1)C1CCNCC1. The second-order valence-electron chi connectivity index (χ2n) is 6.18. The molecular formula is C19H26N2. The van der Waals surface area contributed by atoms with E-state index in [1.165, 1.54) is 35.7 Å². The Morgan fingerprint density at radius 3 is 2.52 bits per heavy atom. The predicted octanol–water partition coefficient (Wildman–Crippen LogP) is 4.20. The Kier molecular flexibility index (Phi) is 4.45. The average molecular weight is 282 g/mol. The van der Waals surface area contributed by atoms with Crippen molar-refractivity contribution in [2.45, 2.75) is 45.2 Å². The number of anilines is 1. The largest absolute Gasteiger partial charge is 0.366 e. The number of fused-ring (bicyclic) bond motifs is 1. The summed E-state index contributed by atoms with van der Waals surface area (Å²) in [5.74, 6) is 0. The lowest BCUT2D eigenvalue weighted by atomic mass is 9.99. The number of hydrogen-bond donors (Lipinski definition) is 1. The molecule has 1 fully saturated rings. The molecule has 1 saturated heterocycles. The lowest BCUT2D eigenvalue weighted by molar-refractivity contribution is 0.403. The van der Waals surface area contributed by atoms with E-state index in [1.54, 1.807) is 0 Å². The smallest absolute Gasteiger partial charge is 0.0377 e. The van der Waals surface area contributed by atoms with E-state index in [1.807, 2.05) is 0 Å². The van der Waals surface area contributed by atoms with E-state index in [0.717, 1.165) is 13.1 Å². The van der Waals surface area contributed by atoms with Crippen molar-refractivity contribution in [3.63, 3.8) is 0 Å². The van der Waals surface area contributed by atoms with Crippen LogP contribution in [0.3, 0.4) is 0 Å². The van der Waals surface area contributed by atoms with Crippen molar-refractivity contribution < 1.29 is 0 Å². The first-order valence-corrected chi connectivity index (χ1v) is 8.27. The van der Waals surface area contributed by atoms with Crippen LogP contribution in [0.25, 0.3) is 10.8 Å². The number of benzene rings is 2. The van der Waals surface area contributed by atoms with E-state index in [2.05, 4.69) is 66.5 Å². The van der Waals surface area contributed by atoms with Crippen molar-refractivity contribution >= 4 is 16.5 Å². The van der Waals surface area contributed by atoms with Gasteiger partial charge in [0.2, 0.25) is 0 Å². The standard InChI is InChI=1S/C19H26N2/c1-3-15(2)21(18-10-12-20-13-11-18)19-9-8-16-6-4-5-7-17(16)14-19/h4-9,14-15,18,20H,3,10-13H2,1-2H3. The highest BCUT2D eigenvalue weighted by molar-refractivity contribution is 5.86. The Morgan fingerprint density at radius 1 is 1.10 bits per heavy atom. The van der Waals surface area contributed by atoms with Gasteiger partial charge in [0.15, 0.2) is 0 Å². The highest BCUT2D eigenvalue weighted by Gasteiger charge is 2.24. The molecule has 1 heterocycles. The van der Waals surface area contributed by atoms with Gasteiger partial charge in [-0.2, -0.15) is 0 Å². The topological polar surface area (TPSA) is 15.3 Å². The van der Waals surface area contributed by atoms with Crippen LogP contribution in [0.2, 0.25) is 0 Å². The van der Waals surface area contributed by atoms with Crippen molar-refractivity contribution in [2.24, 2.45) is 0 Å². The van der Waals surface area contributed by atoms with Crippen LogP contribution in [-0.2, 0) is 0 Å². The number of nitrogens with one attached hydrogen (secondary N) is 1. The molecule has 3 rings (SSSR count). The zero-order chi connectivity index (χ0) is 14.7. The van der Waals surface area contributed by atoms with Gasteiger partial charge in [0.1, 0.15) is 0 Å². The van der Waals surface area contributed by atoms with E-state index < -0.39 is 0 Å². The average Bonchev–Trinajstić information content (AvgIpc) is 2.56. The van der Waals surface area contributed by atoms with Crippen LogP contribution in [0, 0.1) is 0 Å². The normalized spacial score (nSPS) is 17.8. The molecule has 112 valence electrons. The molecule has 2 nitrogen and oxygen atoms in total. The van der Waals surface area contributed by atoms with Crippen LogP contribution < -0.4 is 10.2 Å². The summed E-state index contributed by atoms with van der Waals surface area (Å²) in [6.07, 6.45) is 3.69. The molecule has 0 bridgehead atoms. The molecule has 0 aromatic heterocycles. The summed E-state index contributed by atoms with van der Waals surface area (Å²) in [4.78, 5) is 2.66. The molecule has 0 spiro atoms. The zero-order valence-electron chi connectivity index (χ0n) is 13.2. The molecular weight excluding hydrogens is 256 g/mol. The van der Waals surface area contributed by atoms with E-state index in [9.17, 15) is 0 Å². The van der Waals surface area contributed by atoms with Crippen LogP contribution in [0.5, 0.6) is 0 Å². The maximum atomic E-state index is 3.48. The molecule has 1 aliphatic rings. The van der Waals surface area contributed by atoms with Crippen molar-refractivity contribution in [1.29, 1.82) is 0 Å². The molecule has 1 unspecified atom stereocenters. The molecule has 21 heavy (non-hydrogen) atoms. The van der Waals surface area contributed by atoms with Gasteiger partial charge in [-0.25, -0.2) is 0 Å². The molecule has 0 aliphatic carbocycles. The minimum absolute atomic E-state index is 0.592. The highest BCUT2D eigenvalue weighted by Crippen LogP contribution is 2.28. The number of hydrogen-bond acceptors (Lipinski definition) is 2. The number of piperidine rings is 1. The molecule has 0 radical (unpaired) electrons. The van der Waals surface area contributed by atoms with Crippen LogP contribution in [0.4, 0.5) is 5.69 Å². The molecule has 0 saturated carbocycles. The second-order valence-corrected chi connectivity index (χ2v) is 6.18. The first-order valence-electron chi connectivity index (χ1n) is 8.27. The Hall–Kier alpha value is -1.54. The fourth-order valence-electron chi connectivity index (χ4n) is 3.44. The van der Waals surface area contributed by atoms with E-state index in [4.69, 9.17) is 0 Å². The molecule has 0 amide bonds. The summed E-state index contributed by atoms with van der Waals surface area (Å²) in [5.41, 5.74) is 1.38. The molecule has 2 heteroatoms. The lowest BCUT2D eigenvalue weighted by Crippen LogP contribution is -2.47. The summed E-state index contributed by atoms with van der Waals surface area (Å²) in [7, 11) is 0. The maximum absolute atomic E-state index is 3.48. The molecule has 1 atom stereocenters. The Morgan fingerprint density at radius 2 is 1.81 bits per heavy atom. The Balaban J connectivity index is 1.96. The van der Waals surface area contributed by atoms with Gasteiger partial charge >= 0.3 is 0 Å². The predicted molar refractivity (Wildman–Crippen MR) is 92.1 cm³/mol. The van der Waals surface area contributed by atoms with Crippen molar-refractivity contribution in [1.82, 2.24) is 5.32 Å². The van der Waals surface area contributed by atoms with Gasteiger partial charge in [0.05, 0.1) is 0 Å². The van der Waals surface area contributed by atoms with E-state index in [-0.39, 0.29) is 0 Å². The summed E-state index contributed by atoms with van der Waals surface area (Å²) in [5, 5.41) is 6.15. The third-order valence-electron chi connectivity index (χ3n) is 4.80. The zero-order valence-corrected chi connectivity index (χ0v) is 13.2. The highest BCUT2D eigenvalue weighted by atomic mass is 15.2. The fourth-order valence-corrected chi connectivity index (χ4v) is 3.44. The number of nitrogens with zero attached hydrogens (tertiary/aromatic N) is 1. The van der Waals surface area contributed by atoms with Gasteiger partial charge in [0.25, 0.3) is 0 Å².